The Morgan fingerprint density at radius 3 is 1.90 bits per heavy atom. The summed E-state index contributed by atoms with van der Waals surface area (Å²) in [4.78, 5) is 13.9. The molecule has 0 spiro atoms. The number of nitrogens with one attached hydrogen (secondary N) is 1. The van der Waals surface area contributed by atoms with E-state index in [0.717, 1.165) is 11.3 Å². The maximum absolute atomic E-state index is 12.0. The molecule has 5 heteroatoms. The molecule has 1 unspecified atom stereocenters. The van der Waals surface area contributed by atoms with Crippen LogP contribution in [0.4, 0.5) is 5.69 Å². The Morgan fingerprint density at radius 2 is 1.48 bits per heavy atom. The van der Waals surface area contributed by atoms with Crippen molar-refractivity contribution in [3.8, 4) is 5.75 Å². The molecule has 21 heavy (non-hydrogen) atoms. The van der Waals surface area contributed by atoms with E-state index in [2.05, 4.69) is 0 Å². The number of amides is 1. The normalized spacial score (nSPS) is 11.8. The quantitative estimate of drug-likeness (QED) is 0.594. The molecular formula is C16H18N2O3. The van der Waals surface area contributed by atoms with Gasteiger partial charge in [0.1, 0.15) is 5.75 Å². The van der Waals surface area contributed by atoms with Crippen molar-refractivity contribution >= 4 is 11.6 Å². The highest BCUT2D eigenvalue weighted by Crippen LogP contribution is 2.27. The second-order valence-electron chi connectivity index (χ2n) is 4.99. The summed E-state index contributed by atoms with van der Waals surface area (Å²) < 4.78 is 0. The third kappa shape index (κ3) is 3.32. The van der Waals surface area contributed by atoms with E-state index < -0.39 is 11.8 Å². The van der Waals surface area contributed by atoms with Crippen LogP contribution in [-0.2, 0) is 4.79 Å². The molecule has 0 aliphatic carbocycles. The molecule has 2 rings (SSSR count). The average Bonchev–Trinajstić information content (AvgIpc) is 2.49. The number of anilines is 1. The second kappa shape index (κ2) is 6.28. The van der Waals surface area contributed by atoms with Gasteiger partial charge in [0.2, 0.25) is 0 Å². The van der Waals surface area contributed by atoms with Gasteiger partial charge in [0.15, 0.2) is 0 Å². The SMILES string of the molecule is CN(C)c1ccc(C(C(=O)NO)c2ccc(O)cc2)cc1. The Labute approximate surface area is 123 Å². The molecular weight excluding hydrogens is 268 g/mol. The van der Waals surface area contributed by atoms with Crippen LogP contribution in [0.3, 0.4) is 0 Å². The standard InChI is InChI=1S/C16H18N2O3/c1-18(2)13-7-3-11(4-8-13)15(16(20)17-21)12-5-9-14(19)10-6-12/h3-10,15,19,21H,1-2H3,(H,17,20). The smallest absolute Gasteiger partial charge is 0.255 e. The van der Waals surface area contributed by atoms with Crippen LogP contribution in [0.2, 0.25) is 0 Å². The zero-order valence-corrected chi connectivity index (χ0v) is 11.9. The van der Waals surface area contributed by atoms with Gasteiger partial charge in [0.05, 0.1) is 5.92 Å². The van der Waals surface area contributed by atoms with Crippen molar-refractivity contribution in [2.75, 3.05) is 19.0 Å². The van der Waals surface area contributed by atoms with E-state index >= 15 is 0 Å². The van der Waals surface area contributed by atoms with Crippen LogP contribution in [0.5, 0.6) is 5.75 Å². The Hall–Kier alpha value is -2.53. The van der Waals surface area contributed by atoms with Gasteiger partial charge in [0.25, 0.3) is 5.91 Å². The second-order valence-corrected chi connectivity index (χ2v) is 4.99. The average molecular weight is 286 g/mol. The van der Waals surface area contributed by atoms with Crippen LogP contribution in [0.15, 0.2) is 48.5 Å². The molecule has 0 saturated heterocycles. The predicted molar refractivity (Wildman–Crippen MR) is 80.6 cm³/mol. The van der Waals surface area contributed by atoms with Crippen LogP contribution in [0.1, 0.15) is 17.0 Å². The summed E-state index contributed by atoms with van der Waals surface area (Å²) in [5.74, 6) is -1.02. The fraction of sp³-hybridized carbons (Fsp3) is 0.188. The van der Waals surface area contributed by atoms with Crippen LogP contribution in [0, 0.1) is 0 Å². The number of benzene rings is 2. The maximum Gasteiger partial charge on any atom is 0.255 e. The lowest BCUT2D eigenvalue weighted by atomic mass is 9.90. The highest BCUT2D eigenvalue weighted by molar-refractivity contribution is 5.86. The van der Waals surface area contributed by atoms with Gasteiger partial charge in [-0.15, -0.1) is 0 Å². The summed E-state index contributed by atoms with van der Waals surface area (Å²) in [6, 6.07) is 13.9. The summed E-state index contributed by atoms with van der Waals surface area (Å²) in [5, 5.41) is 18.3. The fourth-order valence-electron chi connectivity index (χ4n) is 2.19. The summed E-state index contributed by atoms with van der Waals surface area (Å²) in [5.41, 5.74) is 4.18. The molecule has 0 radical (unpaired) electrons. The molecule has 110 valence electrons. The molecule has 3 N–H and O–H groups in total. The molecule has 0 aromatic heterocycles. The molecule has 5 nitrogen and oxygen atoms in total. The Kier molecular flexibility index (Phi) is 4.45. The number of rotatable bonds is 4. The van der Waals surface area contributed by atoms with E-state index in [-0.39, 0.29) is 5.75 Å². The van der Waals surface area contributed by atoms with Gasteiger partial charge in [-0.3, -0.25) is 10.0 Å². The highest BCUT2D eigenvalue weighted by Gasteiger charge is 2.22. The molecule has 2 aromatic rings. The summed E-state index contributed by atoms with van der Waals surface area (Å²) in [6.07, 6.45) is 0. The van der Waals surface area contributed by atoms with E-state index in [1.807, 2.05) is 43.3 Å². The minimum absolute atomic E-state index is 0.130. The predicted octanol–water partition coefficient (Wildman–Crippen LogP) is 2.10. The summed E-state index contributed by atoms with van der Waals surface area (Å²) >= 11 is 0. The molecule has 0 aliphatic rings. The van der Waals surface area contributed by atoms with Gasteiger partial charge in [-0.05, 0) is 35.4 Å². The first-order chi connectivity index (χ1) is 10.0. The number of phenolic OH excluding ortho intramolecular Hbond substituents is 1. The zero-order valence-electron chi connectivity index (χ0n) is 11.9. The zero-order chi connectivity index (χ0) is 15.4. The van der Waals surface area contributed by atoms with Gasteiger partial charge < -0.3 is 10.0 Å². The van der Waals surface area contributed by atoms with E-state index in [4.69, 9.17) is 5.21 Å². The van der Waals surface area contributed by atoms with Crippen molar-refractivity contribution in [2.24, 2.45) is 0 Å². The van der Waals surface area contributed by atoms with Crippen molar-refractivity contribution in [2.45, 2.75) is 5.92 Å². The van der Waals surface area contributed by atoms with Gasteiger partial charge >= 0.3 is 0 Å². The topological polar surface area (TPSA) is 72.8 Å². The van der Waals surface area contributed by atoms with E-state index in [9.17, 15) is 9.90 Å². The van der Waals surface area contributed by atoms with Crippen molar-refractivity contribution < 1.29 is 15.1 Å². The number of carbonyl (C=O) groups is 1. The van der Waals surface area contributed by atoms with Crippen LogP contribution in [-0.4, -0.2) is 30.3 Å². The number of hydroxylamine groups is 1. The first-order valence-electron chi connectivity index (χ1n) is 6.53. The minimum Gasteiger partial charge on any atom is -0.508 e. The highest BCUT2D eigenvalue weighted by atomic mass is 16.5. The van der Waals surface area contributed by atoms with Crippen molar-refractivity contribution in [1.29, 1.82) is 0 Å². The molecule has 0 saturated carbocycles. The van der Waals surface area contributed by atoms with Crippen LogP contribution >= 0.6 is 0 Å². The van der Waals surface area contributed by atoms with Crippen LogP contribution < -0.4 is 10.4 Å². The largest absolute Gasteiger partial charge is 0.508 e. The van der Waals surface area contributed by atoms with Gasteiger partial charge in [-0.2, -0.15) is 0 Å². The third-order valence-electron chi connectivity index (χ3n) is 3.34. The van der Waals surface area contributed by atoms with Crippen molar-refractivity contribution in [3.63, 3.8) is 0 Å². The number of hydrogen-bond acceptors (Lipinski definition) is 4. The Balaban J connectivity index is 2.40. The number of nitrogens with zero attached hydrogens (tertiary/aromatic N) is 1. The molecule has 0 aliphatic heterocycles. The van der Waals surface area contributed by atoms with Crippen LogP contribution in [0.25, 0.3) is 0 Å². The van der Waals surface area contributed by atoms with Gasteiger partial charge in [-0.1, -0.05) is 24.3 Å². The molecule has 0 bridgehead atoms. The van der Waals surface area contributed by atoms with E-state index in [1.165, 1.54) is 12.1 Å². The number of hydrogen-bond donors (Lipinski definition) is 3. The van der Waals surface area contributed by atoms with Crippen molar-refractivity contribution in [1.82, 2.24) is 5.48 Å². The summed E-state index contributed by atoms with van der Waals surface area (Å²) in [7, 11) is 3.87. The lowest BCUT2D eigenvalue weighted by Gasteiger charge is -2.18. The van der Waals surface area contributed by atoms with Gasteiger partial charge in [-0.25, -0.2) is 5.48 Å². The van der Waals surface area contributed by atoms with E-state index in [0.29, 0.717) is 5.56 Å². The Bertz CT molecular complexity index is 606. The molecule has 1 atom stereocenters. The number of carbonyl (C=O) groups excluding carboxylic acids is 1. The lowest BCUT2D eigenvalue weighted by molar-refractivity contribution is -0.129. The summed E-state index contributed by atoms with van der Waals surface area (Å²) in [6.45, 7) is 0. The monoisotopic (exact) mass is 286 g/mol. The first kappa shape index (κ1) is 14.9. The number of aromatic hydroxyl groups is 1. The molecule has 1 amide bonds. The first-order valence-corrected chi connectivity index (χ1v) is 6.53. The third-order valence-corrected chi connectivity index (χ3v) is 3.34. The fourth-order valence-corrected chi connectivity index (χ4v) is 2.19. The van der Waals surface area contributed by atoms with Gasteiger partial charge in [0, 0.05) is 19.8 Å². The molecule has 0 heterocycles. The molecule has 0 fully saturated rings. The van der Waals surface area contributed by atoms with Crippen molar-refractivity contribution in [3.05, 3.63) is 59.7 Å². The minimum atomic E-state index is -0.633. The Morgan fingerprint density at radius 1 is 1.00 bits per heavy atom. The number of phenols is 1. The van der Waals surface area contributed by atoms with E-state index in [1.54, 1.807) is 17.6 Å². The maximum atomic E-state index is 12.0. The molecule has 2 aromatic carbocycles. The lowest BCUT2D eigenvalue weighted by Crippen LogP contribution is -2.27.